The Bertz CT molecular complexity index is 860. The Morgan fingerprint density at radius 3 is 2.46 bits per heavy atom. The third kappa shape index (κ3) is 3.55. The number of rotatable bonds is 4. The van der Waals surface area contributed by atoms with Crippen molar-refractivity contribution in [2.45, 2.75) is 20.5 Å². The average molecular weight is 321 g/mol. The van der Waals surface area contributed by atoms with E-state index in [9.17, 15) is 4.79 Å². The third-order valence-electron chi connectivity index (χ3n) is 3.71. The topological polar surface area (TPSA) is 62.5 Å². The molecule has 0 aliphatic heterocycles. The minimum Gasteiger partial charge on any atom is -0.459 e. The van der Waals surface area contributed by atoms with Gasteiger partial charge in [0.05, 0.1) is 0 Å². The van der Waals surface area contributed by atoms with Crippen LogP contribution in [0.5, 0.6) is 0 Å². The van der Waals surface area contributed by atoms with E-state index in [-0.39, 0.29) is 12.5 Å². The Morgan fingerprint density at radius 2 is 1.79 bits per heavy atom. The van der Waals surface area contributed by atoms with Gasteiger partial charge in [-0.1, -0.05) is 29.3 Å². The zero-order valence-corrected chi connectivity index (χ0v) is 13.7. The minimum absolute atomic E-state index is 0.136. The molecular weight excluding hydrogens is 302 g/mol. The SMILES string of the molecule is Cc1cc(C)cc(C(=O)Nc2cccc(-c3ccc(CO)o3)c2)c1. The molecule has 2 N–H and O–H groups in total. The summed E-state index contributed by atoms with van der Waals surface area (Å²) in [4.78, 5) is 12.4. The molecule has 4 heteroatoms. The van der Waals surface area contributed by atoms with E-state index in [0.717, 1.165) is 16.7 Å². The fraction of sp³-hybridized carbons (Fsp3) is 0.150. The largest absolute Gasteiger partial charge is 0.459 e. The van der Waals surface area contributed by atoms with Crippen LogP contribution in [0, 0.1) is 13.8 Å². The third-order valence-corrected chi connectivity index (χ3v) is 3.71. The van der Waals surface area contributed by atoms with Crippen LogP contribution in [0.4, 0.5) is 5.69 Å². The van der Waals surface area contributed by atoms with E-state index in [2.05, 4.69) is 5.32 Å². The number of benzene rings is 2. The van der Waals surface area contributed by atoms with E-state index in [0.29, 0.717) is 22.8 Å². The Kier molecular flexibility index (Phi) is 4.49. The van der Waals surface area contributed by atoms with Gasteiger partial charge in [-0.3, -0.25) is 4.79 Å². The fourth-order valence-electron chi connectivity index (χ4n) is 2.68. The summed E-state index contributed by atoms with van der Waals surface area (Å²) in [5.74, 6) is 1.02. The number of furan rings is 1. The maximum absolute atomic E-state index is 12.4. The summed E-state index contributed by atoms with van der Waals surface area (Å²) in [6, 6.07) is 16.7. The van der Waals surface area contributed by atoms with Gasteiger partial charge >= 0.3 is 0 Å². The molecule has 2 aromatic carbocycles. The summed E-state index contributed by atoms with van der Waals surface area (Å²) in [6.07, 6.45) is 0. The van der Waals surface area contributed by atoms with Crippen LogP contribution in [0.2, 0.25) is 0 Å². The molecule has 0 radical (unpaired) electrons. The van der Waals surface area contributed by atoms with E-state index in [1.807, 2.05) is 56.3 Å². The normalized spacial score (nSPS) is 10.6. The van der Waals surface area contributed by atoms with Crippen molar-refractivity contribution in [3.8, 4) is 11.3 Å². The van der Waals surface area contributed by atoms with Gasteiger partial charge < -0.3 is 14.8 Å². The van der Waals surface area contributed by atoms with E-state index in [4.69, 9.17) is 9.52 Å². The zero-order chi connectivity index (χ0) is 17.1. The molecule has 0 fully saturated rings. The van der Waals surface area contributed by atoms with E-state index < -0.39 is 0 Å². The van der Waals surface area contributed by atoms with Crippen molar-refractivity contribution in [3.05, 3.63) is 77.0 Å². The molecular formula is C20H19NO3. The number of amides is 1. The first-order valence-electron chi connectivity index (χ1n) is 7.75. The van der Waals surface area contributed by atoms with Crippen molar-refractivity contribution < 1.29 is 14.3 Å². The average Bonchev–Trinajstić information content (AvgIpc) is 3.03. The number of hydrogen-bond acceptors (Lipinski definition) is 3. The van der Waals surface area contributed by atoms with Crippen LogP contribution in [-0.2, 0) is 6.61 Å². The number of hydrogen-bond donors (Lipinski definition) is 2. The molecule has 0 aliphatic rings. The van der Waals surface area contributed by atoms with Crippen molar-refractivity contribution >= 4 is 11.6 Å². The molecule has 3 aromatic rings. The van der Waals surface area contributed by atoms with Gasteiger partial charge in [0.2, 0.25) is 0 Å². The van der Waals surface area contributed by atoms with Crippen LogP contribution in [0.15, 0.2) is 59.0 Å². The van der Waals surface area contributed by atoms with Crippen molar-refractivity contribution in [1.82, 2.24) is 0 Å². The second-order valence-corrected chi connectivity index (χ2v) is 5.84. The second-order valence-electron chi connectivity index (χ2n) is 5.84. The standard InChI is InChI=1S/C20H19NO3/c1-13-8-14(2)10-16(9-13)20(23)21-17-5-3-4-15(11-17)19-7-6-18(12-22)24-19/h3-11,22H,12H2,1-2H3,(H,21,23). The monoisotopic (exact) mass is 321 g/mol. The summed E-state index contributed by atoms with van der Waals surface area (Å²) in [5.41, 5.74) is 4.28. The zero-order valence-electron chi connectivity index (χ0n) is 13.7. The molecule has 1 heterocycles. The van der Waals surface area contributed by atoms with E-state index >= 15 is 0 Å². The maximum atomic E-state index is 12.4. The molecule has 122 valence electrons. The quantitative estimate of drug-likeness (QED) is 0.753. The fourth-order valence-corrected chi connectivity index (χ4v) is 2.68. The predicted molar refractivity (Wildman–Crippen MR) is 93.9 cm³/mol. The summed E-state index contributed by atoms with van der Waals surface area (Å²) >= 11 is 0. The summed E-state index contributed by atoms with van der Waals surface area (Å²) in [7, 11) is 0. The van der Waals surface area contributed by atoms with E-state index in [1.54, 1.807) is 12.1 Å². The van der Waals surface area contributed by atoms with Crippen LogP contribution in [0.1, 0.15) is 27.2 Å². The first-order valence-corrected chi connectivity index (χ1v) is 7.75. The van der Waals surface area contributed by atoms with Crippen LogP contribution >= 0.6 is 0 Å². The predicted octanol–water partition coefficient (Wildman–Crippen LogP) is 4.31. The molecule has 1 amide bonds. The van der Waals surface area contributed by atoms with Gasteiger partial charge in [0.15, 0.2) is 0 Å². The molecule has 4 nitrogen and oxygen atoms in total. The minimum atomic E-state index is -0.144. The lowest BCUT2D eigenvalue weighted by Crippen LogP contribution is -2.12. The number of carbonyl (C=O) groups excluding carboxylic acids is 1. The first kappa shape index (κ1) is 16.0. The Hall–Kier alpha value is -2.85. The lowest BCUT2D eigenvalue weighted by Gasteiger charge is -2.08. The van der Waals surface area contributed by atoms with Crippen molar-refractivity contribution in [2.24, 2.45) is 0 Å². The van der Waals surface area contributed by atoms with Gasteiger partial charge in [-0.15, -0.1) is 0 Å². The first-order chi connectivity index (χ1) is 11.5. The van der Waals surface area contributed by atoms with Crippen LogP contribution in [0.25, 0.3) is 11.3 Å². The Labute approximate surface area is 140 Å². The Morgan fingerprint density at radius 1 is 1.04 bits per heavy atom. The number of aliphatic hydroxyl groups is 1. The van der Waals surface area contributed by atoms with Crippen molar-refractivity contribution in [2.75, 3.05) is 5.32 Å². The molecule has 0 aliphatic carbocycles. The highest BCUT2D eigenvalue weighted by molar-refractivity contribution is 6.04. The number of aliphatic hydroxyl groups excluding tert-OH is 1. The lowest BCUT2D eigenvalue weighted by molar-refractivity contribution is 0.102. The number of carbonyl (C=O) groups is 1. The summed E-state index contributed by atoms with van der Waals surface area (Å²) in [5, 5.41) is 12.0. The highest BCUT2D eigenvalue weighted by Gasteiger charge is 2.09. The van der Waals surface area contributed by atoms with Gasteiger partial charge in [0.25, 0.3) is 5.91 Å². The molecule has 1 aromatic heterocycles. The van der Waals surface area contributed by atoms with Crippen molar-refractivity contribution in [3.63, 3.8) is 0 Å². The summed E-state index contributed by atoms with van der Waals surface area (Å²) in [6.45, 7) is 3.81. The Balaban J connectivity index is 1.82. The number of aryl methyl sites for hydroxylation is 2. The smallest absolute Gasteiger partial charge is 0.255 e. The van der Waals surface area contributed by atoms with Gasteiger partial charge in [-0.25, -0.2) is 0 Å². The highest BCUT2D eigenvalue weighted by Crippen LogP contribution is 2.25. The van der Waals surface area contributed by atoms with Gasteiger partial charge in [-0.05, 0) is 50.2 Å². The molecule has 0 saturated heterocycles. The van der Waals surface area contributed by atoms with Crippen LogP contribution in [-0.4, -0.2) is 11.0 Å². The second kappa shape index (κ2) is 6.72. The van der Waals surface area contributed by atoms with E-state index in [1.165, 1.54) is 0 Å². The molecule has 0 unspecified atom stereocenters. The molecule has 24 heavy (non-hydrogen) atoms. The summed E-state index contributed by atoms with van der Waals surface area (Å²) < 4.78 is 5.53. The lowest BCUT2D eigenvalue weighted by atomic mass is 10.1. The highest BCUT2D eigenvalue weighted by atomic mass is 16.4. The molecule has 3 rings (SSSR count). The number of anilines is 1. The van der Waals surface area contributed by atoms with Crippen LogP contribution in [0.3, 0.4) is 0 Å². The van der Waals surface area contributed by atoms with Gasteiger partial charge in [0.1, 0.15) is 18.1 Å². The molecule has 0 saturated carbocycles. The molecule has 0 spiro atoms. The van der Waals surface area contributed by atoms with Gasteiger partial charge in [0, 0.05) is 16.8 Å². The van der Waals surface area contributed by atoms with Crippen LogP contribution < -0.4 is 5.32 Å². The molecule has 0 bridgehead atoms. The van der Waals surface area contributed by atoms with Gasteiger partial charge in [-0.2, -0.15) is 0 Å². The molecule has 0 atom stereocenters. The van der Waals surface area contributed by atoms with Crippen molar-refractivity contribution in [1.29, 1.82) is 0 Å². The number of nitrogens with one attached hydrogen (secondary N) is 1. The maximum Gasteiger partial charge on any atom is 0.255 e.